The number of benzene rings is 2. The lowest BCUT2D eigenvalue weighted by Crippen LogP contribution is -2.21. The maximum atomic E-state index is 10.7. The van der Waals surface area contributed by atoms with Gasteiger partial charge in [0.2, 0.25) is 0 Å². The summed E-state index contributed by atoms with van der Waals surface area (Å²) < 4.78 is 64.4. The Labute approximate surface area is 152 Å². The molecule has 2 aromatic rings. The van der Waals surface area contributed by atoms with Crippen LogP contribution in [0.2, 0.25) is 0 Å². The summed E-state index contributed by atoms with van der Waals surface area (Å²) in [6.45, 7) is 0. The highest BCUT2D eigenvalue weighted by Gasteiger charge is 2.36. The molecule has 0 radical (unpaired) electrons. The fourth-order valence-corrected chi connectivity index (χ4v) is 2.57. The van der Waals surface area contributed by atoms with E-state index >= 15 is 0 Å². The number of hydrogen-bond acceptors (Lipinski definition) is 5. The van der Waals surface area contributed by atoms with Gasteiger partial charge in [-0.05, 0) is 42.7 Å². The molecule has 0 bridgehead atoms. The van der Waals surface area contributed by atoms with Crippen molar-refractivity contribution in [1.29, 1.82) is 0 Å². The van der Waals surface area contributed by atoms with Crippen LogP contribution in [0.4, 0.5) is 13.2 Å². The van der Waals surface area contributed by atoms with Gasteiger partial charge in [0.1, 0.15) is 11.7 Å². The Morgan fingerprint density at radius 3 is 1.96 bits per heavy atom. The third-order valence-electron chi connectivity index (χ3n) is 2.48. The number of thiol groups is 1. The van der Waals surface area contributed by atoms with Crippen LogP contribution in [0.3, 0.4) is 0 Å². The van der Waals surface area contributed by atoms with Gasteiger partial charge in [0.05, 0.1) is 0 Å². The number of hydrogen-bond donors (Lipinski definition) is 0. The van der Waals surface area contributed by atoms with Crippen LogP contribution >= 0.6 is 11.8 Å². The second-order valence-corrected chi connectivity index (χ2v) is 7.83. The molecular formula is C15H15F3O4S3. The van der Waals surface area contributed by atoms with Gasteiger partial charge >= 0.3 is 5.51 Å². The third-order valence-corrected chi connectivity index (χ3v) is 4.51. The molecular weight excluding hydrogens is 397 g/mol. The molecule has 0 heterocycles. The fraction of sp³-hybridized carbons (Fsp3) is 0.200. The van der Waals surface area contributed by atoms with Gasteiger partial charge in [-0.1, -0.05) is 18.2 Å². The van der Waals surface area contributed by atoms with Gasteiger partial charge in [-0.25, -0.2) is 8.42 Å². The van der Waals surface area contributed by atoms with Crippen LogP contribution in [-0.2, 0) is 21.9 Å². The van der Waals surface area contributed by atoms with Crippen LogP contribution in [-0.4, -0.2) is 30.7 Å². The Hall–Kier alpha value is -1.36. The van der Waals surface area contributed by atoms with Crippen molar-refractivity contribution in [2.24, 2.45) is 0 Å². The maximum Gasteiger partial charge on any atom is 0.485 e. The van der Waals surface area contributed by atoms with E-state index in [4.69, 9.17) is 17.7 Å². The Balaban J connectivity index is 0.000000333. The largest absolute Gasteiger partial charge is 0.741 e. The molecule has 0 atom stereocenters. The van der Waals surface area contributed by atoms with E-state index in [0.29, 0.717) is 5.94 Å². The first-order valence-electron chi connectivity index (χ1n) is 6.64. The van der Waals surface area contributed by atoms with Gasteiger partial charge < -0.3 is 9.29 Å². The SMILES string of the molecule is CSCOc1ccc([SH+]c2ccccc2)cc1.O=S(=O)([O-])C(F)(F)F. The highest BCUT2D eigenvalue weighted by molar-refractivity contribution is 7.98. The first kappa shape index (κ1) is 21.7. The molecule has 0 amide bonds. The summed E-state index contributed by atoms with van der Waals surface area (Å²) in [4.78, 5) is 2.60. The highest BCUT2D eigenvalue weighted by atomic mass is 32.2. The maximum absolute atomic E-state index is 10.7. The number of halogens is 3. The number of alkyl halides is 3. The van der Waals surface area contributed by atoms with Crippen molar-refractivity contribution in [2.45, 2.75) is 15.3 Å². The van der Waals surface area contributed by atoms with Crippen LogP contribution in [0.15, 0.2) is 64.4 Å². The van der Waals surface area contributed by atoms with E-state index in [0.717, 1.165) is 5.75 Å². The molecule has 0 aromatic heterocycles. The summed E-state index contributed by atoms with van der Waals surface area (Å²) in [5.74, 6) is 1.64. The molecule has 4 nitrogen and oxygen atoms in total. The van der Waals surface area contributed by atoms with Crippen molar-refractivity contribution in [3.8, 4) is 5.75 Å². The zero-order chi connectivity index (χ0) is 18.9. The molecule has 2 rings (SSSR count). The van der Waals surface area contributed by atoms with E-state index in [1.165, 1.54) is 21.6 Å². The molecule has 138 valence electrons. The Morgan fingerprint density at radius 2 is 1.52 bits per heavy atom. The molecule has 0 saturated carbocycles. The summed E-state index contributed by atoms with van der Waals surface area (Å²) in [6.07, 6.45) is 2.03. The average Bonchev–Trinajstić information content (AvgIpc) is 2.54. The molecule has 0 aliphatic rings. The Bertz CT molecular complexity index is 733. The molecule has 0 fully saturated rings. The lowest BCUT2D eigenvalue weighted by atomic mass is 10.3. The predicted molar refractivity (Wildman–Crippen MR) is 92.9 cm³/mol. The monoisotopic (exact) mass is 412 g/mol. The lowest BCUT2D eigenvalue weighted by molar-refractivity contribution is -0.0517. The highest BCUT2D eigenvalue weighted by Crippen LogP contribution is 2.20. The molecule has 0 spiro atoms. The molecule has 10 heteroatoms. The molecule has 0 aliphatic carbocycles. The van der Waals surface area contributed by atoms with Crippen LogP contribution < -0.4 is 4.74 Å². The van der Waals surface area contributed by atoms with E-state index in [2.05, 4.69) is 36.4 Å². The first-order chi connectivity index (χ1) is 11.6. The second kappa shape index (κ2) is 9.95. The molecule has 0 saturated heterocycles. The van der Waals surface area contributed by atoms with E-state index < -0.39 is 15.6 Å². The third kappa shape index (κ3) is 8.52. The average molecular weight is 412 g/mol. The molecule has 0 unspecified atom stereocenters. The first-order valence-corrected chi connectivity index (χ1v) is 10.3. The van der Waals surface area contributed by atoms with Crippen LogP contribution in [0.25, 0.3) is 0 Å². The summed E-state index contributed by atoms with van der Waals surface area (Å²) in [7, 11) is -6.09. The zero-order valence-electron chi connectivity index (χ0n) is 12.9. The Kier molecular flexibility index (Phi) is 8.63. The molecule has 0 aliphatic heterocycles. The van der Waals surface area contributed by atoms with Gasteiger partial charge in [-0.2, -0.15) is 13.2 Å². The molecule has 2 aromatic carbocycles. The fourth-order valence-electron chi connectivity index (χ4n) is 1.40. The predicted octanol–water partition coefficient (Wildman–Crippen LogP) is 3.67. The quantitative estimate of drug-likeness (QED) is 0.246. The molecule has 0 N–H and O–H groups in total. The summed E-state index contributed by atoms with van der Waals surface area (Å²) >= 11 is 2.92. The summed E-state index contributed by atoms with van der Waals surface area (Å²) in [5.41, 5.74) is -5.65. The summed E-state index contributed by atoms with van der Waals surface area (Å²) in [5, 5.41) is 0. The smallest absolute Gasteiger partial charge is 0.485 e. The van der Waals surface area contributed by atoms with E-state index in [9.17, 15) is 13.2 Å². The Morgan fingerprint density at radius 1 is 1.04 bits per heavy atom. The standard InChI is InChI=1S/C14H14OS2.CHF3O3S/c1-16-11-15-12-7-9-14(10-8-12)17-13-5-3-2-4-6-13;2-1(3,4)8(5,6)7/h2-10H,11H2,1H3;(H,5,6,7). The summed E-state index contributed by atoms with van der Waals surface area (Å²) in [6, 6.07) is 18.7. The van der Waals surface area contributed by atoms with E-state index in [1.54, 1.807) is 11.8 Å². The normalized spacial score (nSPS) is 11.4. The zero-order valence-corrected chi connectivity index (χ0v) is 15.5. The van der Waals surface area contributed by atoms with Gasteiger partial charge in [-0.15, -0.1) is 11.8 Å². The van der Waals surface area contributed by atoms with Crippen molar-refractivity contribution in [3.63, 3.8) is 0 Å². The van der Waals surface area contributed by atoms with Crippen molar-refractivity contribution in [1.82, 2.24) is 0 Å². The van der Waals surface area contributed by atoms with Gasteiger partial charge in [0.15, 0.2) is 19.9 Å². The minimum Gasteiger partial charge on any atom is -0.741 e. The van der Waals surface area contributed by atoms with Crippen molar-refractivity contribution < 1.29 is 30.9 Å². The van der Waals surface area contributed by atoms with Gasteiger partial charge in [-0.3, -0.25) is 0 Å². The topological polar surface area (TPSA) is 66.4 Å². The van der Waals surface area contributed by atoms with Gasteiger partial charge in [0.25, 0.3) is 0 Å². The lowest BCUT2D eigenvalue weighted by Gasteiger charge is -2.08. The van der Waals surface area contributed by atoms with Gasteiger partial charge in [0, 0.05) is 11.8 Å². The van der Waals surface area contributed by atoms with Crippen LogP contribution in [0.1, 0.15) is 0 Å². The van der Waals surface area contributed by atoms with Crippen LogP contribution in [0, 0.1) is 0 Å². The van der Waals surface area contributed by atoms with E-state index in [-0.39, 0.29) is 0 Å². The molecule has 25 heavy (non-hydrogen) atoms. The second-order valence-electron chi connectivity index (χ2n) is 4.39. The number of rotatable bonds is 5. The minimum absolute atomic E-state index is 0.704. The van der Waals surface area contributed by atoms with Crippen LogP contribution in [0.5, 0.6) is 5.75 Å². The minimum atomic E-state index is -6.09. The number of thioether (sulfide) groups is 1. The van der Waals surface area contributed by atoms with Crippen molar-refractivity contribution in [3.05, 3.63) is 54.6 Å². The van der Waals surface area contributed by atoms with E-state index in [1.807, 2.05) is 24.5 Å². The van der Waals surface area contributed by atoms with Crippen molar-refractivity contribution >= 4 is 33.6 Å². The van der Waals surface area contributed by atoms with Crippen molar-refractivity contribution in [2.75, 3.05) is 12.2 Å². The number of ether oxygens (including phenoxy) is 1.